The Kier molecular flexibility index (Phi) is 5.95. The van der Waals surface area contributed by atoms with Crippen molar-refractivity contribution in [2.75, 3.05) is 18.2 Å². The number of carbonyl (C=O) groups excluding carboxylic acids is 1. The Hall–Kier alpha value is -2.12. The molecule has 2 N–H and O–H groups in total. The van der Waals surface area contributed by atoms with Gasteiger partial charge in [-0.3, -0.25) is 9.59 Å². The quantitative estimate of drug-likeness (QED) is 0.626. The summed E-state index contributed by atoms with van der Waals surface area (Å²) < 4.78 is 4.96. The van der Waals surface area contributed by atoms with E-state index in [0.717, 1.165) is 16.8 Å². The predicted octanol–water partition coefficient (Wildman–Crippen LogP) is 2.26. The highest BCUT2D eigenvalue weighted by molar-refractivity contribution is 7.99. The number of amides is 1. The summed E-state index contributed by atoms with van der Waals surface area (Å²) in [5.74, 6) is 0.0138. The molecule has 0 saturated heterocycles. The Labute approximate surface area is 138 Å². The van der Waals surface area contributed by atoms with E-state index in [1.807, 2.05) is 32.0 Å². The van der Waals surface area contributed by atoms with Crippen molar-refractivity contribution in [1.82, 2.24) is 9.97 Å². The first kappa shape index (κ1) is 17.2. The van der Waals surface area contributed by atoms with Crippen LogP contribution in [0.4, 0.5) is 5.69 Å². The third-order valence-electron chi connectivity index (χ3n) is 3.15. The number of hydrogen-bond acceptors (Lipinski definition) is 5. The Morgan fingerprint density at radius 2 is 2.04 bits per heavy atom. The van der Waals surface area contributed by atoms with Gasteiger partial charge in [-0.15, -0.1) is 0 Å². The van der Waals surface area contributed by atoms with Crippen LogP contribution in [0.1, 0.15) is 16.8 Å². The zero-order chi connectivity index (χ0) is 16.8. The molecule has 0 radical (unpaired) electrons. The predicted molar refractivity (Wildman–Crippen MR) is 90.8 cm³/mol. The van der Waals surface area contributed by atoms with E-state index >= 15 is 0 Å². The zero-order valence-electron chi connectivity index (χ0n) is 13.3. The molecule has 0 aliphatic carbocycles. The Morgan fingerprint density at radius 1 is 1.35 bits per heavy atom. The second kappa shape index (κ2) is 7.94. The molecule has 2 rings (SSSR count). The molecule has 0 fully saturated rings. The van der Waals surface area contributed by atoms with E-state index in [1.54, 1.807) is 0 Å². The van der Waals surface area contributed by atoms with E-state index < -0.39 is 0 Å². The van der Waals surface area contributed by atoms with Crippen LogP contribution in [0.25, 0.3) is 0 Å². The van der Waals surface area contributed by atoms with Crippen LogP contribution < -0.4 is 10.9 Å². The molecule has 1 heterocycles. The first-order chi connectivity index (χ1) is 11.0. The van der Waals surface area contributed by atoms with Gasteiger partial charge in [-0.2, -0.15) is 0 Å². The minimum Gasteiger partial charge on any atom is -0.378 e. The second-order valence-electron chi connectivity index (χ2n) is 5.08. The number of anilines is 1. The number of aromatic amines is 1. The molecule has 2 aromatic rings. The van der Waals surface area contributed by atoms with Gasteiger partial charge in [-0.1, -0.05) is 30.0 Å². The Morgan fingerprint density at radius 3 is 2.70 bits per heavy atom. The summed E-state index contributed by atoms with van der Waals surface area (Å²) in [7, 11) is 1.54. The van der Waals surface area contributed by atoms with Crippen LogP contribution in [0.3, 0.4) is 0 Å². The molecule has 0 saturated carbocycles. The van der Waals surface area contributed by atoms with Gasteiger partial charge >= 0.3 is 0 Å². The lowest BCUT2D eigenvalue weighted by Gasteiger charge is -2.11. The Balaban J connectivity index is 2.01. The monoisotopic (exact) mass is 333 g/mol. The van der Waals surface area contributed by atoms with Gasteiger partial charge in [0.25, 0.3) is 5.56 Å². The van der Waals surface area contributed by atoms with Crippen molar-refractivity contribution in [3.8, 4) is 0 Å². The average Bonchev–Trinajstić information content (AvgIpc) is 2.49. The van der Waals surface area contributed by atoms with Crippen LogP contribution in [-0.2, 0) is 16.1 Å². The van der Waals surface area contributed by atoms with Gasteiger partial charge in [0.2, 0.25) is 5.91 Å². The SMILES string of the molecule is COCc1cc(=O)[nH]c(SCC(=O)Nc2c(C)cccc2C)n1. The topological polar surface area (TPSA) is 84.1 Å². The highest BCUT2D eigenvalue weighted by Gasteiger charge is 2.09. The molecule has 0 unspecified atom stereocenters. The zero-order valence-corrected chi connectivity index (χ0v) is 14.1. The molecule has 0 spiro atoms. The van der Waals surface area contributed by atoms with E-state index in [2.05, 4.69) is 15.3 Å². The maximum absolute atomic E-state index is 12.1. The summed E-state index contributed by atoms with van der Waals surface area (Å²) in [5, 5.41) is 3.30. The number of benzene rings is 1. The molecule has 0 atom stereocenters. The minimum atomic E-state index is -0.260. The standard InChI is InChI=1S/C16H19N3O3S/c1-10-5-4-6-11(2)15(10)18-14(21)9-23-16-17-12(8-22-3)7-13(20)19-16/h4-7H,8-9H2,1-3H3,(H,18,21)(H,17,19,20). The van der Waals surface area contributed by atoms with Gasteiger partial charge in [-0.25, -0.2) is 4.98 Å². The van der Waals surface area contributed by atoms with Gasteiger partial charge in [0, 0.05) is 18.9 Å². The lowest BCUT2D eigenvalue weighted by atomic mass is 10.1. The highest BCUT2D eigenvalue weighted by Crippen LogP contribution is 2.20. The minimum absolute atomic E-state index is 0.146. The number of hydrogen-bond donors (Lipinski definition) is 2. The fourth-order valence-corrected chi connectivity index (χ4v) is 2.79. The summed E-state index contributed by atoms with van der Waals surface area (Å²) in [6, 6.07) is 7.22. The van der Waals surface area contributed by atoms with Crippen molar-refractivity contribution in [2.45, 2.75) is 25.6 Å². The number of H-pyrrole nitrogens is 1. The number of ether oxygens (including phenoxy) is 1. The Bertz CT molecular complexity index is 738. The van der Waals surface area contributed by atoms with Crippen LogP contribution in [0, 0.1) is 13.8 Å². The van der Waals surface area contributed by atoms with Crippen LogP contribution in [0.15, 0.2) is 34.2 Å². The summed E-state index contributed by atoms with van der Waals surface area (Å²) >= 11 is 1.18. The molecular weight excluding hydrogens is 314 g/mol. The third-order valence-corrected chi connectivity index (χ3v) is 4.02. The van der Waals surface area contributed by atoms with Crippen molar-refractivity contribution in [3.05, 3.63) is 51.4 Å². The van der Waals surface area contributed by atoms with Crippen LogP contribution in [0.2, 0.25) is 0 Å². The van der Waals surface area contributed by atoms with E-state index in [-0.39, 0.29) is 23.8 Å². The molecule has 1 aromatic heterocycles. The normalized spacial score (nSPS) is 10.6. The van der Waals surface area contributed by atoms with Crippen LogP contribution in [0.5, 0.6) is 0 Å². The lowest BCUT2D eigenvalue weighted by Crippen LogP contribution is -2.17. The second-order valence-corrected chi connectivity index (χ2v) is 6.04. The van der Waals surface area contributed by atoms with Crippen molar-refractivity contribution in [2.24, 2.45) is 0 Å². The molecule has 0 bridgehead atoms. The average molecular weight is 333 g/mol. The first-order valence-corrected chi connectivity index (χ1v) is 8.06. The fourth-order valence-electron chi connectivity index (χ4n) is 2.09. The molecule has 0 aliphatic rings. The molecule has 7 heteroatoms. The molecule has 6 nitrogen and oxygen atoms in total. The molecule has 0 aliphatic heterocycles. The van der Waals surface area contributed by atoms with Crippen molar-refractivity contribution in [3.63, 3.8) is 0 Å². The van der Waals surface area contributed by atoms with Crippen molar-refractivity contribution in [1.29, 1.82) is 0 Å². The summed E-state index contributed by atoms with van der Waals surface area (Å²) in [6.07, 6.45) is 0. The van der Waals surface area contributed by atoms with Gasteiger partial charge in [-0.05, 0) is 25.0 Å². The maximum Gasteiger partial charge on any atom is 0.251 e. The number of thioether (sulfide) groups is 1. The summed E-state index contributed by atoms with van der Waals surface area (Å²) in [6.45, 7) is 4.15. The first-order valence-electron chi connectivity index (χ1n) is 7.07. The highest BCUT2D eigenvalue weighted by atomic mass is 32.2. The van der Waals surface area contributed by atoms with Crippen molar-refractivity contribution >= 4 is 23.4 Å². The molecular formula is C16H19N3O3S. The van der Waals surface area contributed by atoms with Gasteiger partial charge in [0.15, 0.2) is 5.16 Å². The van der Waals surface area contributed by atoms with E-state index in [4.69, 9.17) is 4.74 Å². The van der Waals surface area contributed by atoms with Crippen LogP contribution >= 0.6 is 11.8 Å². The molecule has 23 heavy (non-hydrogen) atoms. The van der Waals surface area contributed by atoms with Crippen LogP contribution in [-0.4, -0.2) is 28.7 Å². The summed E-state index contributed by atoms with van der Waals surface area (Å²) in [5.41, 5.74) is 3.13. The van der Waals surface area contributed by atoms with Gasteiger partial charge < -0.3 is 15.0 Å². The number of para-hydroxylation sites is 1. The van der Waals surface area contributed by atoms with E-state index in [9.17, 15) is 9.59 Å². The number of aromatic nitrogens is 2. The number of methoxy groups -OCH3 is 1. The van der Waals surface area contributed by atoms with Crippen molar-refractivity contribution < 1.29 is 9.53 Å². The molecule has 1 amide bonds. The molecule has 1 aromatic carbocycles. The smallest absolute Gasteiger partial charge is 0.251 e. The number of nitrogens with zero attached hydrogens (tertiary/aromatic N) is 1. The number of carbonyl (C=O) groups is 1. The number of aryl methyl sites for hydroxylation is 2. The largest absolute Gasteiger partial charge is 0.378 e. The van der Waals surface area contributed by atoms with E-state index in [0.29, 0.717) is 10.9 Å². The maximum atomic E-state index is 12.1. The van der Waals surface area contributed by atoms with Gasteiger partial charge in [0.1, 0.15) is 0 Å². The van der Waals surface area contributed by atoms with Gasteiger partial charge in [0.05, 0.1) is 18.1 Å². The third kappa shape index (κ3) is 4.94. The molecule has 122 valence electrons. The summed E-state index contributed by atoms with van der Waals surface area (Å²) in [4.78, 5) is 30.5. The van der Waals surface area contributed by atoms with E-state index in [1.165, 1.54) is 24.9 Å². The number of nitrogens with one attached hydrogen (secondary N) is 2. The number of rotatable bonds is 6. The lowest BCUT2D eigenvalue weighted by molar-refractivity contribution is -0.113. The fraction of sp³-hybridized carbons (Fsp3) is 0.312.